The van der Waals surface area contributed by atoms with Gasteiger partial charge in [0.05, 0.1) is 11.1 Å². The van der Waals surface area contributed by atoms with Gasteiger partial charge in [0.15, 0.2) is 0 Å². The van der Waals surface area contributed by atoms with Gasteiger partial charge in [0.2, 0.25) is 0 Å². The van der Waals surface area contributed by atoms with Crippen LogP contribution < -0.4 is 10.1 Å². The number of ether oxygens (including phenoxy) is 1. The van der Waals surface area contributed by atoms with Gasteiger partial charge in [0, 0.05) is 11.6 Å². The second-order valence-corrected chi connectivity index (χ2v) is 6.04. The zero-order valence-corrected chi connectivity index (χ0v) is 14.4. The molecule has 2 aromatic rings. The fourth-order valence-electron chi connectivity index (χ4n) is 2.04. The van der Waals surface area contributed by atoms with Crippen LogP contribution in [0, 0.1) is 0 Å². The van der Waals surface area contributed by atoms with E-state index in [-0.39, 0.29) is 0 Å². The minimum atomic E-state index is 0.678. The molecule has 1 N–H and O–H groups in total. The van der Waals surface area contributed by atoms with Crippen molar-refractivity contribution in [1.29, 1.82) is 0 Å². The lowest BCUT2D eigenvalue weighted by Gasteiger charge is -2.09. The zero-order chi connectivity index (χ0) is 15.1. The van der Waals surface area contributed by atoms with Crippen molar-refractivity contribution in [1.82, 2.24) is 5.32 Å². The van der Waals surface area contributed by atoms with E-state index in [4.69, 9.17) is 16.3 Å². The number of benzene rings is 2. The molecule has 112 valence electrons. The third-order valence-electron chi connectivity index (χ3n) is 3.13. The molecule has 0 saturated heterocycles. The van der Waals surface area contributed by atoms with E-state index in [0.717, 1.165) is 34.8 Å². The molecule has 0 atom stereocenters. The minimum Gasteiger partial charge on any atom is -0.493 e. The molecular formula is C17H19BrClNO. The molecule has 0 amide bonds. The molecule has 2 aromatic carbocycles. The van der Waals surface area contributed by atoms with Gasteiger partial charge in [-0.25, -0.2) is 0 Å². The summed E-state index contributed by atoms with van der Waals surface area (Å²) in [6.45, 7) is 4.45. The smallest absolute Gasteiger partial charge is 0.133 e. The highest BCUT2D eigenvalue weighted by atomic mass is 79.9. The summed E-state index contributed by atoms with van der Waals surface area (Å²) >= 11 is 9.41. The van der Waals surface area contributed by atoms with Crippen molar-refractivity contribution in [2.75, 3.05) is 13.2 Å². The van der Waals surface area contributed by atoms with Gasteiger partial charge in [0.1, 0.15) is 5.75 Å². The Morgan fingerprint density at radius 2 is 1.81 bits per heavy atom. The Bertz CT molecular complexity index is 572. The van der Waals surface area contributed by atoms with E-state index in [1.165, 1.54) is 11.1 Å². The number of rotatable bonds is 7. The Hall–Kier alpha value is -1.03. The average molecular weight is 369 g/mol. The summed E-state index contributed by atoms with van der Waals surface area (Å²) in [6, 6.07) is 14.2. The zero-order valence-electron chi connectivity index (χ0n) is 12.0. The van der Waals surface area contributed by atoms with Crippen molar-refractivity contribution in [3.63, 3.8) is 0 Å². The van der Waals surface area contributed by atoms with E-state index in [1.807, 2.05) is 25.1 Å². The maximum absolute atomic E-state index is 5.87. The summed E-state index contributed by atoms with van der Waals surface area (Å²) in [5.41, 5.74) is 2.53. The van der Waals surface area contributed by atoms with Crippen molar-refractivity contribution < 1.29 is 4.74 Å². The van der Waals surface area contributed by atoms with Crippen LogP contribution >= 0.6 is 27.5 Å². The quantitative estimate of drug-likeness (QED) is 0.707. The van der Waals surface area contributed by atoms with Gasteiger partial charge in [-0.15, -0.1) is 0 Å². The molecule has 0 radical (unpaired) electrons. The van der Waals surface area contributed by atoms with Crippen molar-refractivity contribution in [2.45, 2.75) is 19.9 Å². The van der Waals surface area contributed by atoms with Crippen LogP contribution in [-0.2, 0) is 13.0 Å². The van der Waals surface area contributed by atoms with Gasteiger partial charge < -0.3 is 10.1 Å². The molecule has 2 rings (SSSR count). The van der Waals surface area contributed by atoms with Crippen LogP contribution in [0.1, 0.15) is 18.1 Å². The first kappa shape index (κ1) is 16.3. The van der Waals surface area contributed by atoms with Crippen LogP contribution in [0.25, 0.3) is 0 Å². The lowest BCUT2D eigenvalue weighted by molar-refractivity contribution is 0.338. The molecule has 2 nitrogen and oxygen atoms in total. The second-order valence-electron chi connectivity index (χ2n) is 4.75. The van der Waals surface area contributed by atoms with Gasteiger partial charge in [-0.3, -0.25) is 0 Å². The predicted molar refractivity (Wildman–Crippen MR) is 92.2 cm³/mol. The SMILES string of the molecule is CCOc1ccc(CNCCc2ccc(Cl)cc2)cc1Br. The molecule has 0 saturated carbocycles. The summed E-state index contributed by atoms with van der Waals surface area (Å²) in [6.07, 6.45) is 0.995. The molecule has 21 heavy (non-hydrogen) atoms. The highest BCUT2D eigenvalue weighted by molar-refractivity contribution is 9.10. The summed E-state index contributed by atoms with van der Waals surface area (Å²) < 4.78 is 6.51. The Kier molecular flexibility index (Phi) is 6.55. The average Bonchev–Trinajstić information content (AvgIpc) is 2.48. The van der Waals surface area contributed by atoms with Gasteiger partial charge >= 0.3 is 0 Å². The summed E-state index contributed by atoms with van der Waals surface area (Å²) in [5.74, 6) is 0.891. The number of nitrogens with one attached hydrogen (secondary N) is 1. The molecule has 0 heterocycles. The van der Waals surface area contributed by atoms with E-state index < -0.39 is 0 Å². The van der Waals surface area contributed by atoms with E-state index >= 15 is 0 Å². The first-order valence-corrected chi connectivity index (χ1v) is 8.22. The van der Waals surface area contributed by atoms with Crippen molar-refractivity contribution in [2.24, 2.45) is 0 Å². The highest BCUT2D eigenvalue weighted by Crippen LogP contribution is 2.25. The van der Waals surface area contributed by atoms with Gasteiger partial charge in [-0.1, -0.05) is 29.8 Å². The molecule has 0 unspecified atom stereocenters. The minimum absolute atomic E-state index is 0.678. The Balaban J connectivity index is 1.78. The Morgan fingerprint density at radius 1 is 1.10 bits per heavy atom. The maximum atomic E-state index is 5.87. The lowest BCUT2D eigenvalue weighted by atomic mass is 10.1. The monoisotopic (exact) mass is 367 g/mol. The predicted octanol–water partition coefficient (Wildman–Crippen LogP) is 4.83. The van der Waals surface area contributed by atoms with E-state index in [0.29, 0.717) is 6.61 Å². The molecule has 0 aliphatic carbocycles. The Morgan fingerprint density at radius 3 is 2.48 bits per heavy atom. The van der Waals surface area contributed by atoms with E-state index in [2.05, 4.69) is 45.5 Å². The molecule has 0 spiro atoms. The van der Waals surface area contributed by atoms with Crippen LogP contribution in [0.3, 0.4) is 0 Å². The van der Waals surface area contributed by atoms with Gasteiger partial charge in [-0.2, -0.15) is 0 Å². The number of hydrogen-bond acceptors (Lipinski definition) is 2. The number of halogens is 2. The maximum Gasteiger partial charge on any atom is 0.133 e. The number of hydrogen-bond donors (Lipinski definition) is 1. The fourth-order valence-corrected chi connectivity index (χ4v) is 2.71. The molecule has 4 heteroatoms. The van der Waals surface area contributed by atoms with Gasteiger partial charge in [0.25, 0.3) is 0 Å². The molecule has 0 aliphatic heterocycles. The topological polar surface area (TPSA) is 21.3 Å². The molecular weight excluding hydrogens is 350 g/mol. The van der Waals surface area contributed by atoms with Crippen LogP contribution in [0.4, 0.5) is 0 Å². The first-order valence-electron chi connectivity index (χ1n) is 7.05. The van der Waals surface area contributed by atoms with Crippen molar-refractivity contribution in [3.8, 4) is 5.75 Å². The van der Waals surface area contributed by atoms with E-state index in [1.54, 1.807) is 0 Å². The van der Waals surface area contributed by atoms with Crippen LogP contribution in [0.2, 0.25) is 5.02 Å². The van der Waals surface area contributed by atoms with Crippen LogP contribution in [0.15, 0.2) is 46.9 Å². The molecule has 0 bridgehead atoms. The third-order valence-corrected chi connectivity index (χ3v) is 4.00. The van der Waals surface area contributed by atoms with Gasteiger partial charge in [-0.05, 0) is 71.2 Å². The molecule has 0 aliphatic rings. The van der Waals surface area contributed by atoms with Crippen LogP contribution in [-0.4, -0.2) is 13.2 Å². The first-order chi connectivity index (χ1) is 10.2. The second kappa shape index (κ2) is 8.42. The molecule has 0 aromatic heterocycles. The van der Waals surface area contributed by atoms with Crippen molar-refractivity contribution >= 4 is 27.5 Å². The summed E-state index contributed by atoms with van der Waals surface area (Å²) in [4.78, 5) is 0. The third kappa shape index (κ3) is 5.34. The van der Waals surface area contributed by atoms with E-state index in [9.17, 15) is 0 Å². The van der Waals surface area contributed by atoms with Crippen molar-refractivity contribution in [3.05, 3.63) is 63.1 Å². The summed E-state index contributed by atoms with van der Waals surface area (Å²) in [5, 5.41) is 4.23. The largest absolute Gasteiger partial charge is 0.493 e. The Labute approximate surface area is 139 Å². The lowest BCUT2D eigenvalue weighted by Crippen LogP contribution is -2.16. The standard InChI is InChI=1S/C17H19BrClNO/c1-2-21-17-8-5-14(11-16(17)18)12-20-10-9-13-3-6-15(19)7-4-13/h3-8,11,20H,2,9-10,12H2,1H3. The molecule has 0 fully saturated rings. The van der Waals surface area contributed by atoms with Crippen LogP contribution in [0.5, 0.6) is 5.75 Å². The normalized spacial score (nSPS) is 10.6. The highest BCUT2D eigenvalue weighted by Gasteiger charge is 2.02. The fraction of sp³-hybridized carbons (Fsp3) is 0.294. The summed E-state index contributed by atoms with van der Waals surface area (Å²) in [7, 11) is 0.